The summed E-state index contributed by atoms with van der Waals surface area (Å²) in [6, 6.07) is 11.4. The number of aliphatic carboxylic acids is 1. The lowest BCUT2D eigenvalue weighted by molar-refractivity contribution is -0.137. The Morgan fingerprint density at radius 1 is 0.971 bits per heavy atom. The minimum Gasteiger partial charge on any atom is -0.497 e. The number of nitrogens with two attached hydrogens (primary N) is 1. The molecule has 0 spiro atoms. The van der Waals surface area contributed by atoms with Gasteiger partial charge >= 0.3 is 12.1 Å². The number of rotatable bonds is 12. The lowest BCUT2D eigenvalue weighted by Crippen LogP contribution is -2.42. The summed E-state index contributed by atoms with van der Waals surface area (Å²) >= 11 is 0. The predicted molar refractivity (Wildman–Crippen MR) is 132 cm³/mol. The maximum absolute atomic E-state index is 11.8. The Hall–Kier alpha value is -3.76. The third-order valence-electron chi connectivity index (χ3n) is 4.55. The van der Waals surface area contributed by atoms with E-state index in [2.05, 4.69) is 5.32 Å². The van der Waals surface area contributed by atoms with E-state index in [0.29, 0.717) is 17.2 Å². The third-order valence-corrected chi connectivity index (χ3v) is 4.55. The summed E-state index contributed by atoms with van der Waals surface area (Å²) in [5.41, 5.74) is 7.36. The van der Waals surface area contributed by atoms with Gasteiger partial charge in [0.25, 0.3) is 0 Å². The molecule has 0 saturated heterocycles. The lowest BCUT2D eigenvalue weighted by Gasteiger charge is -2.11. The molecule has 1 unspecified atom stereocenters. The van der Waals surface area contributed by atoms with Crippen molar-refractivity contribution in [1.82, 2.24) is 5.32 Å². The monoisotopic (exact) mass is 508 g/mol. The van der Waals surface area contributed by atoms with E-state index in [1.165, 1.54) is 0 Å². The second-order valence-electron chi connectivity index (χ2n) is 7.08. The fourth-order valence-electron chi connectivity index (χ4n) is 2.74. The Morgan fingerprint density at radius 2 is 1.57 bits per heavy atom. The zero-order chi connectivity index (χ0) is 24.9. The summed E-state index contributed by atoms with van der Waals surface area (Å²) in [5.74, 6) is 0.110. The van der Waals surface area contributed by atoms with Crippen molar-refractivity contribution in [3.05, 3.63) is 53.6 Å². The number of halogens is 1. The summed E-state index contributed by atoms with van der Waals surface area (Å²) in [7, 11) is 3.17. The zero-order valence-corrected chi connectivity index (χ0v) is 20.2. The molecule has 0 bridgehead atoms. The molecule has 190 valence electrons. The number of carbonyl (C=O) groups excluding carboxylic acids is 2. The van der Waals surface area contributed by atoms with Gasteiger partial charge in [-0.05, 0) is 41.8 Å². The van der Waals surface area contributed by atoms with Crippen molar-refractivity contribution in [2.24, 2.45) is 5.73 Å². The van der Waals surface area contributed by atoms with Crippen molar-refractivity contribution in [2.45, 2.75) is 18.9 Å². The fraction of sp³-hybridized carbons (Fsp3) is 0.292. The molecule has 0 aromatic heterocycles. The van der Waals surface area contributed by atoms with Crippen LogP contribution in [0.15, 0.2) is 42.5 Å². The van der Waals surface area contributed by atoms with Gasteiger partial charge in [-0.15, -0.1) is 12.4 Å². The molecule has 2 aromatic rings. The van der Waals surface area contributed by atoms with Crippen molar-refractivity contribution < 1.29 is 38.4 Å². The van der Waals surface area contributed by atoms with Crippen LogP contribution in [0.4, 0.5) is 4.79 Å². The Kier molecular flexibility index (Phi) is 12.7. The van der Waals surface area contributed by atoms with E-state index >= 15 is 0 Å². The fourth-order valence-corrected chi connectivity index (χ4v) is 2.74. The van der Waals surface area contributed by atoms with Gasteiger partial charge in [-0.2, -0.15) is 0 Å². The number of benzene rings is 2. The number of carboxylic acids is 1. The molecule has 11 heteroatoms. The van der Waals surface area contributed by atoms with E-state index in [9.17, 15) is 14.4 Å². The number of nitrogens with one attached hydrogen (secondary N) is 1. The standard InChI is InChI=1S/C24H28N2O8.ClH/c1-31-19-13-17(14-20(15-19)32-2)4-3-16-5-7-18(8-6-16)34-24(30)33-12-11-26-23(29)21(25)9-10-22(27)28;/h3-8,13-15,21H,9-12,25H2,1-2H3,(H,26,29)(H,27,28);1H/b4-3+;. The molecule has 0 aliphatic heterocycles. The van der Waals surface area contributed by atoms with Crippen LogP contribution in [0.25, 0.3) is 12.2 Å². The van der Waals surface area contributed by atoms with Crippen LogP contribution >= 0.6 is 12.4 Å². The van der Waals surface area contributed by atoms with Crippen LogP contribution in [0.3, 0.4) is 0 Å². The first-order valence-corrected chi connectivity index (χ1v) is 10.4. The van der Waals surface area contributed by atoms with Crippen LogP contribution in [-0.4, -0.2) is 56.6 Å². The molecule has 0 aliphatic rings. The molecule has 0 saturated carbocycles. The maximum atomic E-state index is 11.8. The highest BCUT2D eigenvalue weighted by Gasteiger charge is 2.14. The second-order valence-corrected chi connectivity index (χ2v) is 7.08. The molecule has 10 nitrogen and oxygen atoms in total. The van der Waals surface area contributed by atoms with Crippen LogP contribution in [0, 0.1) is 0 Å². The Balaban J connectivity index is 0.00000612. The van der Waals surface area contributed by atoms with Gasteiger partial charge in [0, 0.05) is 12.5 Å². The van der Waals surface area contributed by atoms with E-state index in [-0.39, 0.29) is 38.4 Å². The van der Waals surface area contributed by atoms with Gasteiger partial charge in [-0.25, -0.2) is 4.79 Å². The number of hydrogen-bond donors (Lipinski definition) is 3. The first-order chi connectivity index (χ1) is 16.3. The van der Waals surface area contributed by atoms with E-state index in [4.69, 9.17) is 29.8 Å². The van der Waals surface area contributed by atoms with Crippen LogP contribution < -0.4 is 25.3 Å². The van der Waals surface area contributed by atoms with Crippen molar-refractivity contribution in [3.63, 3.8) is 0 Å². The second kappa shape index (κ2) is 15.2. The van der Waals surface area contributed by atoms with Crippen LogP contribution in [-0.2, 0) is 14.3 Å². The lowest BCUT2D eigenvalue weighted by atomic mass is 10.1. The molecule has 4 N–H and O–H groups in total. The highest BCUT2D eigenvalue weighted by molar-refractivity contribution is 5.85. The molecular formula is C24H29ClN2O8. The van der Waals surface area contributed by atoms with Crippen molar-refractivity contribution >= 4 is 42.6 Å². The summed E-state index contributed by atoms with van der Waals surface area (Å²) in [6.07, 6.45) is 2.68. The number of carboxylic acid groups (broad SMARTS) is 1. The molecule has 2 rings (SSSR count). The number of amides is 1. The Bertz CT molecular complexity index is 989. The highest BCUT2D eigenvalue weighted by Crippen LogP contribution is 2.24. The van der Waals surface area contributed by atoms with Gasteiger partial charge in [0.15, 0.2) is 0 Å². The molecule has 0 fully saturated rings. The highest BCUT2D eigenvalue weighted by atomic mass is 35.5. The average Bonchev–Trinajstić information content (AvgIpc) is 2.84. The molecule has 1 amide bonds. The Morgan fingerprint density at radius 3 is 2.14 bits per heavy atom. The van der Waals surface area contributed by atoms with Gasteiger partial charge in [-0.1, -0.05) is 24.3 Å². The summed E-state index contributed by atoms with van der Waals surface area (Å²) in [5, 5.41) is 11.1. The molecule has 35 heavy (non-hydrogen) atoms. The minimum absolute atomic E-state index is 0. The summed E-state index contributed by atoms with van der Waals surface area (Å²) in [6.45, 7) is -0.103. The molecular weight excluding hydrogens is 480 g/mol. The SMILES string of the molecule is COc1cc(/C=C/c2ccc(OC(=O)OCCNC(=O)C(N)CCC(=O)O)cc2)cc(OC)c1.Cl. The molecule has 2 aromatic carbocycles. The number of carbonyl (C=O) groups is 3. The van der Waals surface area contributed by atoms with E-state index in [1.54, 1.807) is 44.6 Å². The van der Waals surface area contributed by atoms with Gasteiger partial charge in [0.1, 0.15) is 23.9 Å². The quantitative estimate of drug-likeness (QED) is 0.170. The molecule has 0 heterocycles. The summed E-state index contributed by atoms with van der Waals surface area (Å²) in [4.78, 5) is 34.0. The summed E-state index contributed by atoms with van der Waals surface area (Å²) < 4.78 is 20.5. The molecule has 1 atom stereocenters. The first kappa shape index (κ1) is 29.3. The zero-order valence-electron chi connectivity index (χ0n) is 19.4. The number of hydrogen-bond acceptors (Lipinski definition) is 8. The third kappa shape index (κ3) is 10.8. The van der Waals surface area contributed by atoms with Crippen LogP contribution in [0.2, 0.25) is 0 Å². The van der Waals surface area contributed by atoms with Crippen molar-refractivity contribution in [2.75, 3.05) is 27.4 Å². The largest absolute Gasteiger partial charge is 0.513 e. The van der Waals surface area contributed by atoms with Gasteiger partial charge in [-0.3, -0.25) is 9.59 Å². The van der Waals surface area contributed by atoms with E-state index < -0.39 is 24.1 Å². The van der Waals surface area contributed by atoms with Gasteiger partial charge in [0.2, 0.25) is 5.91 Å². The smallest absolute Gasteiger partial charge is 0.497 e. The molecule has 0 aliphatic carbocycles. The van der Waals surface area contributed by atoms with Crippen LogP contribution in [0.5, 0.6) is 17.2 Å². The Labute approximate surface area is 209 Å². The first-order valence-electron chi connectivity index (χ1n) is 10.4. The van der Waals surface area contributed by atoms with Crippen molar-refractivity contribution in [3.8, 4) is 17.2 Å². The van der Waals surface area contributed by atoms with Gasteiger partial charge < -0.3 is 35.1 Å². The number of ether oxygens (including phenoxy) is 4. The maximum Gasteiger partial charge on any atom is 0.513 e. The number of methoxy groups -OCH3 is 2. The molecule has 0 radical (unpaired) electrons. The van der Waals surface area contributed by atoms with E-state index in [0.717, 1.165) is 11.1 Å². The predicted octanol–water partition coefficient (Wildman–Crippen LogP) is 3.12. The topological polar surface area (TPSA) is 146 Å². The van der Waals surface area contributed by atoms with Crippen LogP contribution in [0.1, 0.15) is 24.0 Å². The van der Waals surface area contributed by atoms with Gasteiger partial charge in [0.05, 0.1) is 26.8 Å². The van der Waals surface area contributed by atoms with Crippen molar-refractivity contribution in [1.29, 1.82) is 0 Å². The average molecular weight is 509 g/mol. The minimum atomic E-state index is -1.03. The van der Waals surface area contributed by atoms with E-state index in [1.807, 2.05) is 24.3 Å². The normalized spacial score (nSPS) is 11.2.